The van der Waals surface area contributed by atoms with E-state index in [1.54, 1.807) is 0 Å². The van der Waals surface area contributed by atoms with Crippen molar-refractivity contribution in [3.8, 4) is 0 Å². The molecule has 0 aliphatic carbocycles. The topological polar surface area (TPSA) is 34.1 Å². The van der Waals surface area contributed by atoms with Crippen LogP contribution in [-0.4, -0.2) is 12.6 Å². The summed E-state index contributed by atoms with van der Waals surface area (Å²) in [4.78, 5) is 20.7. The molecule has 0 radical (unpaired) electrons. The maximum absolute atomic E-state index is 10.4. The molecule has 0 heterocycles. The average molecular weight is 324 g/mol. The molecule has 0 saturated carbocycles. The van der Waals surface area contributed by atoms with Gasteiger partial charge in [0.05, 0.1) is 0 Å². The quantitative estimate of drug-likeness (QED) is 0.386. The molecular weight excluding hydrogens is 296 g/mol. The Morgan fingerprint density at radius 2 is 0.958 bits per heavy atom. The third-order valence-corrected chi connectivity index (χ3v) is 3.12. The number of carbonyl (C=O) groups excluding carboxylic acids is 2. The summed E-state index contributed by atoms with van der Waals surface area (Å²) in [6.45, 7) is 7.93. The molecule has 2 nitrogen and oxygen atoms in total. The first-order valence-electron chi connectivity index (χ1n) is 8.06. The minimum absolute atomic E-state index is 0.481. The highest BCUT2D eigenvalue weighted by molar-refractivity contribution is 5.54. The molecule has 128 valence electrons. The van der Waals surface area contributed by atoms with Crippen LogP contribution >= 0.6 is 0 Å². The average Bonchev–Trinajstić information content (AvgIpc) is 2.52. The lowest BCUT2D eigenvalue weighted by atomic mass is 10.2. The Balaban J connectivity index is 4.52. The van der Waals surface area contributed by atoms with E-state index in [1.807, 2.05) is 88.5 Å². The van der Waals surface area contributed by atoms with Crippen molar-refractivity contribution in [3.63, 3.8) is 0 Å². The molecule has 0 aromatic carbocycles. The zero-order valence-corrected chi connectivity index (χ0v) is 15.2. The van der Waals surface area contributed by atoms with Crippen molar-refractivity contribution in [2.45, 2.75) is 40.5 Å². The van der Waals surface area contributed by atoms with E-state index in [0.717, 1.165) is 34.9 Å². The molecule has 0 aliphatic heterocycles. The van der Waals surface area contributed by atoms with Crippen LogP contribution in [-0.2, 0) is 9.59 Å². The zero-order chi connectivity index (χ0) is 18.2. The molecular formula is C22H28O2. The van der Waals surface area contributed by atoms with E-state index < -0.39 is 0 Å². The predicted octanol–water partition coefficient (Wildman–Crippen LogP) is 5.62. The minimum atomic E-state index is 0.481. The Bertz CT molecular complexity index is 552. The highest BCUT2D eigenvalue weighted by atomic mass is 16.1. The van der Waals surface area contributed by atoms with Gasteiger partial charge in [-0.15, -0.1) is 0 Å². The second kappa shape index (κ2) is 14.1. The third kappa shape index (κ3) is 13.2. The Morgan fingerprint density at radius 3 is 1.29 bits per heavy atom. The standard InChI is InChI=1S/C22H28O2/c1-19(11-7-13-21(3)15-17-23)9-5-6-10-20(2)12-8-14-22(4)16-18-24/h5-14,17-18H,15-16H2,1-4H3/b6-5+,11-7+,12-8+,19-9+,20-10+,21-13+,22-14+. The molecule has 0 saturated heterocycles. The highest BCUT2D eigenvalue weighted by Gasteiger charge is 1.85. The molecule has 24 heavy (non-hydrogen) atoms. The highest BCUT2D eigenvalue weighted by Crippen LogP contribution is 2.02. The summed E-state index contributed by atoms with van der Waals surface area (Å²) >= 11 is 0. The number of carbonyl (C=O) groups is 2. The van der Waals surface area contributed by atoms with Crippen molar-refractivity contribution in [1.82, 2.24) is 0 Å². The fraction of sp³-hybridized carbons (Fsp3) is 0.273. The van der Waals surface area contributed by atoms with Gasteiger partial charge in [-0.1, -0.05) is 83.1 Å². The lowest BCUT2D eigenvalue weighted by Gasteiger charge is -1.91. The van der Waals surface area contributed by atoms with Gasteiger partial charge in [0, 0.05) is 12.8 Å². The molecule has 0 N–H and O–H groups in total. The van der Waals surface area contributed by atoms with Gasteiger partial charge >= 0.3 is 0 Å². The number of aldehydes is 2. The van der Waals surface area contributed by atoms with E-state index in [2.05, 4.69) is 0 Å². The minimum Gasteiger partial charge on any atom is -0.303 e. The second-order valence-electron chi connectivity index (χ2n) is 5.69. The SMILES string of the molecule is CC(/C=C/C=C(\C)CC=O)=C\C=C\C=C(C)\C=C\C=C(/C)CC=O. The Labute approximate surface area is 146 Å². The number of allylic oxidation sites excluding steroid dienone is 14. The fourth-order valence-electron chi connectivity index (χ4n) is 1.65. The van der Waals surface area contributed by atoms with Gasteiger partial charge in [0.25, 0.3) is 0 Å². The summed E-state index contributed by atoms with van der Waals surface area (Å²) in [5, 5.41) is 0. The fourth-order valence-corrected chi connectivity index (χ4v) is 1.65. The van der Waals surface area contributed by atoms with Crippen LogP contribution in [0.5, 0.6) is 0 Å². The summed E-state index contributed by atoms with van der Waals surface area (Å²) < 4.78 is 0. The van der Waals surface area contributed by atoms with Gasteiger partial charge in [-0.2, -0.15) is 0 Å². The lowest BCUT2D eigenvalue weighted by molar-refractivity contribution is -0.108. The van der Waals surface area contributed by atoms with Crippen molar-refractivity contribution in [2.24, 2.45) is 0 Å². The molecule has 0 fully saturated rings. The van der Waals surface area contributed by atoms with Crippen LogP contribution in [0.3, 0.4) is 0 Å². The normalized spacial score (nSPS) is 15.0. The van der Waals surface area contributed by atoms with Gasteiger partial charge in [0.1, 0.15) is 12.6 Å². The molecule has 0 unspecified atom stereocenters. The summed E-state index contributed by atoms with van der Waals surface area (Å²) in [6.07, 6.45) is 22.7. The summed E-state index contributed by atoms with van der Waals surface area (Å²) in [5.41, 5.74) is 4.37. The van der Waals surface area contributed by atoms with Crippen LogP contribution in [0.15, 0.2) is 83.1 Å². The Morgan fingerprint density at radius 1 is 0.583 bits per heavy atom. The van der Waals surface area contributed by atoms with Crippen LogP contribution in [0.2, 0.25) is 0 Å². The van der Waals surface area contributed by atoms with E-state index in [4.69, 9.17) is 0 Å². The molecule has 0 amide bonds. The zero-order valence-electron chi connectivity index (χ0n) is 15.2. The van der Waals surface area contributed by atoms with Crippen molar-refractivity contribution in [1.29, 1.82) is 0 Å². The smallest absolute Gasteiger partial charge is 0.124 e. The van der Waals surface area contributed by atoms with E-state index in [0.29, 0.717) is 12.8 Å². The first-order chi connectivity index (χ1) is 11.5. The number of rotatable bonds is 10. The molecule has 0 aromatic heterocycles. The van der Waals surface area contributed by atoms with Gasteiger partial charge in [0.15, 0.2) is 0 Å². The van der Waals surface area contributed by atoms with Crippen LogP contribution < -0.4 is 0 Å². The van der Waals surface area contributed by atoms with Crippen LogP contribution in [0.1, 0.15) is 40.5 Å². The van der Waals surface area contributed by atoms with Gasteiger partial charge in [-0.3, -0.25) is 0 Å². The molecule has 0 atom stereocenters. The van der Waals surface area contributed by atoms with Crippen molar-refractivity contribution in [3.05, 3.63) is 83.1 Å². The monoisotopic (exact) mass is 324 g/mol. The van der Waals surface area contributed by atoms with E-state index in [-0.39, 0.29) is 0 Å². The first kappa shape index (κ1) is 21.5. The third-order valence-electron chi connectivity index (χ3n) is 3.12. The summed E-state index contributed by atoms with van der Waals surface area (Å²) in [7, 11) is 0. The summed E-state index contributed by atoms with van der Waals surface area (Å²) in [6, 6.07) is 0. The molecule has 0 aromatic rings. The Hall–Kier alpha value is -2.48. The number of hydrogen-bond acceptors (Lipinski definition) is 2. The van der Waals surface area contributed by atoms with E-state index in [9.17, 15) is 9.59 Å². The largest absolute Gasteiger partial charge is 0.303 e. The molecule has 0 aliphatic rings. The predicted molar refractivity (Wildman–Crippen MR) is 104 cm³/mol. The van der Waals surface area contributed by atoms with Crippen LogP contribution in [0, 0.1) is 0 Å². The van der Waals surface area contributed by atoms with Crippen LogP contribution in [0.25, 0.3) is 0 Å². The van der Waals surface area contributed by atoms with E-state index >= 15 is 0 Å². The van der Waals surface area contributed by atoms with Crippen LogP contribution in [0.4, 0.5) is 0 Å². The molecule has 2 heteroatoms. The van der Waals surface area contributed by atoms with Crippen molar-refractivity contribution < 1.29 is 9.59 Å². The maximum Gasteiger partial charge on any atom is 0.124 e. The lowest BCUT2D eigenvalue weighted by Crippen LogP contribution is -1.76. The van der Waals surface area contributed by atoms with Gasteiger partial charge in [0.2, 0.25) is 0 Å². The summed E-state index contributed by atoms with van der Waals surface area (Å²) in [5.74, 6) is 0. The van der Waals surface area contributed by atoms with Crippen molar-refractivity contribution in [2.75, 3.05) is 0 Å². The number of hydrogen-bond donors (Lipinski definition) is 0. The van der Waals surface area contributed by atoms with Crippen molar-refractivity contribution >= 4 is 12.6 Å². The maximum atomic E-state index is 10.4. The van der Waals surface area contributed by atoms with Gasteiger partial charge in [-0.05, 0) is 27.7 Å². The Kier molecular flexibility index (Phi) is 12.7. The van der Waals surface area contributed by atoms with Gasteiger partial charge in [-0.25, -0.2) is 0 Å². The van der Waals surface area contributed by atoms with Gasteiger partial charge < -0.3 is 9.59 Å². The van der Waals surface area contributed by atoms with E-state index in [1.165, 1.54) is 0 Å². The molecule has 0 spiro atoms. The molecule has 0 rings (SSSR count). The first-order valence-corrected chi connectivity index (χ1v) is 8.06. The molecule has 0 bridgehead atoms. The second-order valence-corrected chi connectivity index (χ2v) is 5.69.